The van der Waals surface area contributed by atoms with E-state index in [0.29, 0.717) is 21.4 Å². The molecule has 126 valence electrons. The Labute approximate surface area is 155 Å². The lowest BCUT2D eigenvalue weighted by atomic mass is 10.1. The Balaban J connectivity index is 1.69. The van der Waals surface area contributed by atoms with E-state index >= 15 is 0 Å². The second kappa shape index (κ2) is 7.55. The van der Waals surface area contributed by atoms with E-state index in [-0.39, 0.29) is 0 Å². The maximum Gasteiger partial charge on any atom is 0.323 e. The first-order valence-electron chi connectivity index (χ1n) is 7.57. The fourth-order valence-electron chi connectivity index (χ4n) is 2.35. The third-order valence-corrected chi connectivity index (χ3v) is 4.11. The van der Waals surface area contributed by atoms with Crippen LogP contribution in [-0.4, -0.2) is 11.0 Å². The molecule has 2 aromatic carbocycles. The summed E-state index contributed by atoms with van der Waals surface area (Å²) in [6, 6.07) is 16.0. The van der Waals surface area contributed by atoms with Gasteiger partial charge in [-0.05, 0) is 60.5 Å². The van der Waals surface area contributed by atoms with Crippen molar-refractivity contribution in [2.75, 3.05) is 10.6 Å². The van der Waals surface area contributed by atoms with Crippen LogP contribution in [0.4, 0.5) is 16.2 Å². The molecule has 3 rings (SSSR count). The van der Waals surface area contributed by atoms with Crippen LogP contribution in [-0.2, 0) is 0 Å². The number of rotatable bonds is 3. The topological polar surface area (TPSA) is 54.0 Å². The summed E-state index contributed by atoms with van der Waals surface area (Å²) in [5, 5.41) is 6.36. The van der Waals surface area contributed by atoms with Crippen LogP contribution in [0.15, 0.2) is 60.8 Å². The number of aromatic nitrogens is 1. The van der Waals surface area contributed by atoms with Crippen LogP contribution < -0.4 is 10.6 Å². The van der Waals surface area contributed by atoms with Gasteiger partial charge in [0.05, 0.1) is 10.7 Å². The van der Waals surface area contributed by atoms with Gasteiger partial charge in [-0.3, -0.25) is 4.98 Å². The summed E-state index contributed by atoms with van der Waals surface area (Å²) in [5.41, 5.74) is 4.21. The summed E-state index contributed by atoms with van der Waals surface area (Å²) in [5.74, 6) is 0. The van der Waals surface area contributed by atoms with E-state index in [9.17, 15) is 4.79 Å². The van der Waals surface area contributed by atoms with Gasteiger partial charge in [-0.1, -0.05) is 35.3 Å². The lowest BCUT2D eigenvalue weighted by Gasteiger charge is -2.10. The highest BCUT2D eigenvalue weighted by Crippen LogP contribution is 2.26. The third kappa shape index (κ3) is 4.50. The second-order valence-electron chi connectivity index (χ2n) is 5.47. The predicted molar refractivity (Wildman–Crippen MR) is 104 cm³/mol. The van der Waals surface area contributed by atoms with Gasteiger partial charge < -0.3 is 10.6 Å². The maximum atomic E-state index is 12.1. The molecule has 3 aromatic rings. The van der Waals surface area contributed by atoms with Crippen LogP contribution >= 0.6 is 23.2 Å². The van der Waals surface area contributed by atoms with Crippen LogP contribution in [0.1, 0.15) is 5.69 Å². The van der Waals surface area contributed by atoms with E-state index in [4.69, 9.17) is 23.2 Å². The van der Waals surface area contributed by atoms with Gasteiger partial charge in [-0.15, -0.1) is 0 Å². The Morgan fingerprint density at radius 2 is 1.68 bits per heavy atom. The summed E-state index contributed by atoms with van der Waals surface area (Å²) in [6.07, 6.45) is 1.78. The zero-order valence-electron chi connectivity index (χ0n) is 13.4. The summed E-state index contributed by atoms with van der Waals surface area (Å²) < 4.78 is 0. The van der Waals surface area contributed by atoms with Gasteiger partial charge in [0.15, 0.2) is 0 Å². The molecule has 6 heteroatoms. The van der Waals surface area contributed by atoms with Crippen LogP contribution in [0.25, 0.3) is 11.1 Å². The molecule has 0 aliphatic rings. The fraction of sp³-hybridized carbons (Fsp3) is 0.0526. The Morgan fingerprint density at radius 1 is 0.920 bits per heavy atom. The van der Waals surface area contributed by atoms with Crippen molar-refractivity contribution in [2.24, 2.45) is 0 Å². The highest BCUT2D eigenvalue weighted by Gasteiger charge is 2.07. The molecule has 0 atom stereocenters. The van der Waals surface area contributed by atoms with Crippen LogP contribution in [0, 0.1) is 6.92 Å². The molecule has 4 nitrogen and oxygen atoms in total. The van der Waals surface area contributed by atoms with Gasteiger partial charge in [-0.2, -0.15) is 0 Å². The minimum Gasteiger partial charge on any atom is -0.308 e. The molecule has 2 amide bonds. The molecule has 0 fully saturated rings. The van der Waals surface area contributed by atoms with Gasteiger partial charge in [0, 0.05) is 22.6 Å². The second-order valence-corrected chi connectivity index (χ2v) is 6.31. The number of amides is 2. The molecule has 0 saturated heterocycles. The molecule has 0 aliphatic carbocycles. The Morgan fingerprint density at radius 3 is 2.40 bits per heavy atom. The highest BCUT2D eigenvalue weighted by atomic mass is 35.5. The number of anilines is 2. The zero-order valence-corrected chi connectivity index (χ0v) is 14.9. The van der Waals surface area contributed by atoms with E-state index < -0.39 is 6.03 Å². The smallest absolute Gasteiger partial charge is 0.308 e. The average molecular weight is 372 g/mol. The van der Waals surface area contributed by atoms with Crippen molar-refractivity contribution in [1.29, 1.82) is 0 Å². The number of hydrogen-bond acceptors (Lipinski definition) is 2. The molecular formula is C19H15Cl2N3O. The first-order chi connectivity index (χ1) is 12.0. The van der Waals surface area contributed by atoms with Gasteiger partial charge in [-0.25, -0.2) is 4.79 Å². The molecular weight excluding hydrogens is 357 g/mol. The van der Waals surface area contributed by atoms with Crippen LogP contribution in [0.5, 0.6) is 0 Å². The maximum absolute atomic E-state index is 12.1. The average Bonchev–Trinajstić information content (AvgIpc) is 2.59. The van der Waals surface area contributed by atoms with Crippen molar-refractivity contribution in [3.63, 3.8) is 0 Å². The lowest BCUT2D eigenvalue weighted by Crippen LogP contribution is -2.19. The van der Waals surface area contributed by atoms with Crippen molar-refractivity contribution < 1.29 is 4.79 Å². The molecule has 1 aromatic heterocycles. The van der Waals surface area contributed by atoms with Gasteiger partial charge in [0.25, 0.3) is 0 Å². The number of hydrogen-bond donors (Lipinski definition) is 2. The van der Waals surface area contributed by atoms with E-state index in [0.717, 1.165) is 16.8 Å². The number of carbonyl (C=O) groups is 1. The molecule has 0 radical (unpaired) electrons. The van der Waals surface area contributed by atoms with E-state index in [2.05, 4.69) is 15.6 Å². The van der Waals surface area contributed by atoms with E-state index in [1.54, 1.807) is 24.4 Å². The van der Waals surface area contributed by atoms with Crippen molar-refractivity contribution >= 4 is 40.6 Å². The number of halogens is 2. The minimum atomic E-state index is -0.392. The number of benzene rings is 2. The quantitative estimate of drug-likeness (QED) is 0.592. The van der Waals surface area contributed by atoms with Crippen LogP contribution in [0.2, 0.25) is 10.0 Å². The monoisotopic (exact) mass is 371 g/mol. The summed E-state index contributed by atoms with van der Waals surface area (Å²) in [4.78, 5) is 16.3. The summed E-state index contributed by atoms with van der Waals surface area (Å²) in [6.45, 7) is 1.95. The predicted octanol–water partition coefficient (Wildman–Crippen LogP) is 6.01. The summed E-state index contributed by atoms with van der Waals surface area (Å²) in [7, 11) is 0. The van der Waals surface area contributed by atoms with Crippen molar-refractivity contribution in [2.45, 2.75) is 6.92 Å². The van der Waals surface area contributed by atoms with E-state index in [1.165, 1.54) is 0 Å². The Bertz CT molecular complexity index is 911. The highest BCUT2D eigenvalue weighted by molar-refractivity contribution is 6.35. The molecule has 0 aliphatic heterocycles. The first kappa shape index (κ1) is 17.3. The number of nitrogens with zero attached hydrogens (tertiary/aromatic N) is 1. The minimum absolute atomic E-state index is 0.392. The molecule has 0 spiro atoms. The number of pyridine rings is 1. The van der Waals surface area contributed by atoms with Crippen molar-refractivity contribution in [3.05, 3.63) is 76.5 Å². The fourth-order valence-corrected chi connectivity index (χ4v) is 2.69. The molecule has 2 N–H and O–H groups in total. The molecule has 1 heterocycles. The third-order valence-electron chi connectivity index (χ3n) is 3.55. The first-order valence-corrected chi connectivity index (χ1v) is 8.33. The van der Waals surface area contributed by atoms with Crippen molar-refractivity contribution in [3.8, 4) is 11.1 Å². The Kier molecular flexibility index (Phi) is 5.22. The molecule has 0 bridgehead atoms. The number of nitrogens with one attached hydrogen (secondary N) is 2. The summed E-state index contributed by atoms with van der Waals surface area (Å²) >= 11 is 12.0. The van der Waals surface area contributed by atoms with Crippen LogP contribution in [0.3, 0.4) is 0 Å². The SMILES string of the molecule is Cc1cc(-c2ccc(NC(=O)Nc3cc(Cl)ccc3Cl)cc2)ccn1. The molecule has 0 saturated carbocycles. The lowest BCUT2D eigenvalue weighted by molar-refractivity contribution is 0.262. The number of aryl methyl sites for hydroxylation is 1. The standard InChI is InChI=1S/C19H15Cl2N3O/c1-12-10-14(8-9-22-12)13-2-5-16(6-3-13)23-19(25)24-18-11-15(20)4-7-17(18)21/h2-11H,1H3,(H2,23,24,25). The normalized spacial score (nSPS) is 10.4. The van der Waals surface area contributed by atoms with Gasteiger partial charge in [0.2, 0.25) is 0 Å². The van der Waals surface area contributed by atoms with Crippen molar-refractivity contribution in [1.82, 2.24) is 4.98 Å². The zero-order chi connectivity index (χ0) is 17.8. The van der Waals surface area contributed by atoms with Gasteiger partial charge in [0.1, 0.15) is 0 Å². The molecule has 25 heavy (non-hydrogen) atoms. The number of carbonyl (C=O) groups excluding carboxylic acids is 1. The Hall–Kier alpha value is -2.56. The van der Waals surface area contributed by atoms with E-state index in [1.807, 2.05) is 43.3 Å². The largest absolute Gasteiger partial charge is 0.323 e. The van der Waals surface area contributed by atoms with Gasteiger partial charge >= 0.3 is 6.03 Å². The molecule has 0 unspecified atom stereocenters. The number of urea groups is 1.